The van der Waals surface area contributed by atoms with Crippen LogP contribution in [0.5, 0.6) is 5.75 Å². The van der Waals surface area contributed by atoms with E-state index in [1.54, 1.807) is 0 Å². The summed E-state index contributed by atoms with van der Waals surface area (Å²) in [6.45, 7) is 1.38. The smallest absolute Gasteiger partial charge is 0.308 e. The minimum atomic E-state index is -0.400. The minimum absolute atomic E-state index is 0.283. The minimum Gasteiger partial charge on any atom is -0.440 e. The Balaban J connectivity index is 1.99. The molecule has 0 saturated carbocycles. The molecule has 1 heterocycles. The molecule has 0 saturated heterocycles. The molecule has 2 N–H and O–H groups in total. The Kier molecular flexibility index (Phi) is 4.46. The quantitative estimate of drug-likeness (QED) is 0.323. The third-order valence-electron chi connectivity index (χ3n) is 4.28. The maximum atomic E-state index is 11.7. The molecule has 1 aromatic heterocycles. The van der Waals surface area contributed by atoms with Gasteiger partial charge in [-0.05, 0) is 41.0 Å². The average molecular weight is 422 g/mol. The topological polar surface area (TPSA) is 65.5 Å². The van der Waals surface area contributed by atoms with E-state index in [4.69, 9.17) is 14.9 Å². The van der Waals surface area contributed by atoms with Crippen LogP contribution >= 0.6 is 15.9 Å². The molecule has 5 heteroatoms. The molecule has 0 aliphatic carbocycles. The molecular weight excluding hydrogens is 406 g/mol. The van der Waals surface area contributed by atoms with Crippen LogP contribution in [0.3, 0.4) is 0 Å². The Bertz CT molecular complexity index is 1130. The van der Waals surface area contributed by atoms with Crippen molar-refractivity contribution in [3.05, 3.63) is 71.2 Å². The molecule has 0 fully saturated rings. The molecule has 0 atom stereocenters. The van der Waals surface area contributed by atoms with Crippen LogP contribution in [0, 0.1) is 0 Å². The van der Waals surface area contributed by atoms with E-state index in [-0.39, 0.29) is 5.88 Å². The van der Waals surface area contributed by atoms with Gasteiger partial charge in [-0.2, -0.15) is 0 Å². The van der Waals surface area contributed by atoms with Gasteiger partial charge in [0.1, 0.15) is 11.3 Å². The van der Waals surface area contributed by atoms with Crippen LogP contribution in [0.15, 0.2) is 75.6 Å². The Labute approximate surface area is 164 Å². The van der Waals surface area contributed by atoms with Crippen molar-refractivity contribution in [3.8, 4) is 28.0 Å². The Hall–Kier alpha value is -3.05. The molecule has 0 amide bonds. The van der Waals surface area contributed by atoms with Crippen LogP contribution < -0.4 is 10.5 Å². The highest BCUT2D eigenvalue weighted by molar-refractivity contribution is 9.10. The lowest BCUT2D eigenvalue weighted by Gasteiger charge is -2.09. The molecule has 0 aliphatic rings. The van der Waals surface area contributed by atoms with E-state index in [2.05, 4.69) is 15.9 Å². The number of nitrogens with two attached hydrogens (primary N) is 1. The third kappa shape index (κ3) is 3.34. The molecule has 0 radical (unpaired) electrons. The van der Waals surface area contributed by atoms with Crippen molar-refractivity contribution >= 4 is 38.8 Å². The van der Waals surface area contributed by atoms with Crippen LogP contribution in [0.2, 0.25) is 0 Å². The fraction of sp³-hybridized carbons (Fsp3) is 0.0455. The Morgan fingerprint density at radius 2 is 1.67 bits per heavy atom. The number of fused-ring (bicyclic) bond motifs is 1. The second kappa shape index (κ2) is 6.93. The van der Waals surface area contributed by atoms with Gasteiger partial charge in [-0.1, -0.05) is 58.4 Å². The number of halogens is 1. The number of furan rings is 1. The molecule has 0 bridgehead atoms. The van der Waals surface area contributed by atoms with Gasteiger partial charge in [-0.3, -0.25) is 4.79 Å². The molecule has 27 heavy (non-hydrogen) atoms. The standard InChI is InChI=1S/C22H16BrNO3/c1-13(25)26-18-11-16(14-5-3-2-4-6-14)12-19-21(18)20(22(24)27-19)15-7-9-17(23)10-8-15/h2-12H,24H2,1H3. The number of nitrogen functional groups attached to an aromatic ring is 1. The van der Waals surface area contributed by atoms with Gasteiger partial charge in [-0.15, -0.1) is 0 Å². The molecular formula is C22H16BrNO3. The molecule has 4 nitrogen and oxygen atoms in total. The van der Waals surface area contributed by atoms with Gasteiger partial charge < -0.3 is 14.9 Å². The number of esters is 1. The third-order valence-corrected chi connectivity index (χ3v) is 4.80. The van der Waals surface area contributed by atoms with Gasteiger partial charge in [0.2, 0.25) is 0 Å². The van der Waals surface area contributed by atoms with Crippen LogP contribution in [0.25, 0.3) is 33.2 Å². The molecule has 0 spiro atoms. The molecule has 3 aromatic carbocycles. The number of carbonyl (C=O) groups is 1. The van der Waals surface area contributed by atoms with E-state index in [1.807, 2.05) is 66.7 Å². The first kappa shape index (κ1) is 17.4. The lowest BCUT2D eigenvalue weighted by molar-refractivity contribution is -0.131. The normalized spacial score (nSPS) is 10.9. The molecule has 4 aromatic rings. The average Bonchev–Trinajstić information content (AvgIpc) is 2.99. The Morgan fingerprint density at radius 1 is 0.963 bits per heavy atom. The first-order valence-corrected chi connectivity index (χ1v) is 9.18. The van der Waals surface area contributed by atoms with E-state index in [0.29, 0.717) is 22.3 Å². The second-order valence-electron chi connectivity index (χ2n) is 6.16. The first-order chi connectivity index (χ1) is 13.0. The van der Waals surface area contributed by atoms with Crippen molar-refractivity contribution in [2.24, 2.45) is 0 Å². The number of hydrogen-bond acceptors (Lipinski definition) is 4. The van der Waals surface area contributed by atoms with E-state index in [1.165, 1.54) is 6.92 Å². The predicted molar refractivity (Wildman–Crippen MR) is 111 cm³/mol. The van der Waals surface area contributed by atoms with Crippen molar-refractivity contribution in [2.75, 3.05) is 5.73 Å². The lowest BCUT2D eigenvalue weighted by Crippen LogP contribution is -2.02. The van der Waals surface area contributed by atoms with Gasteiger partial charge in [0.25, 0.3) is 0 Å². The number of hydrogen-bond donors (Lipinski definition) is 1. The zero-order chi connectivity index (χ0) is 19.0. The van der Waals surface area contributed by atoms with Crippen molar-refractivity contribution < 1.29 is 13.9 Å². The van der Waals surface area contributed by atoms with Crippen LogP contribution in [-0.4, -0.2) is 5.97 Å². The summed E-state index contributed by atoms with van der Waals surface area (Å²) in [5.74, 6) is 0.311. The zero-order valence-corrected chi connectivity index (χ0v) is 16.1. The fourth-order valence-electron chi connectivity index (χ4n) is 3.15. The highest BCUT2D eigenvalue weighted by atomic mass is 79.9. The largest absolute Gasteiger partial charge is 0.440 e. The highest BCUT2D eigenvalue weighted by Crippen LogP contribution is 2.44. The Morgan fingerprint density at radius 3 is 2.33 bits per heavy atom. The van der Waals surface area contributed by atoms with Gasteiger partial charge in [0.05, 0.1) is 10.9 Å². The summed E-state index contributed by atoms with van der Waals surface area (Å²) >= 11 is 3.44. The van der Waals surface area contributed by atoms with Gasteiger partial charge >= 0.3 is 5.97 Å². The number of ether oxygens (including phenoxy) is 1. The van der Waals surface area contributed by atoms with Gasteiger partial charge in [-0.25, -0.2) is 0 Å². The van der Waals surface area contributed by atoms with Gasteiger partial charge in [0, 0.05) is 11.4 Å². The van der Waals surface area contributed by atoms with E-state index in [9.17, 15) is 4.79 Å². The van der Waals surface area contributed by atoms with Crippen LogP contribution in [0.1, 0.15) is 6.92 Å². The SMILES string of the molecule is CC(=O)Oc1cc(-c2ccccc2)cc2oc(N)c(-c3ccc(Br)cc3)c12. The second-order valence-corrected chi connectivity index (χ2v) is 7.07. The van der Waals surface area contributed by atoms with Crippen molar-refractivity contribution in [3.63, 3.8) is 0 Å². The van der Waals surface area contributed by atoms with Crippen molar-refractivity contribution in [1.29, 1.82) is 0 Å². The summed E-state index contributed by atoms with van der Waals surface area (Å²) in [6, 6.07) is 21.3. The molecule has 0 aliphatic heterocycles. The molecule has 0 unspecified atom stereocenters. The van der Waals surface area contributed by atoms with E-state index < -0.39 is 5.97 Å². The van der Waals surface area contributed by atoms with Crippen LogP contribution in [0.4, 0.5) is 5.88 Å². The molecule has 134 valence electrons. The molecule has 4 rings (SSSR count). The van der Waals surface area contributed by atoms with Crippen molar-refractivity contribution in [2.45, 2.75) is 6.92 Å². The summed E-state index contributed by atoms with van der Waals surface area (Å²) in [5, 5.41) is 0.685. The highest BCUT2D eigenvalue weighted by Gasteiger charge is 2.20. The van der Waals surface area contributed by atoms with E-state index >= 15 is 0 Å². The number of anilines is 1. The number of benzene rings is 3. The number of rotatable bonds is 3. The van der Waals surface area contributed by atoms with E-state index in [0.717, 1.165) is 21.2 Å². The predicted octanol–water partition coefficient (Wildman–Crippen LogP) is 6.04. The van der Waals surface area contributed by atoms with Crippen molar-refractivity contribution in [1.82, 2.24) is 0 Å². The summed E-state index contributed by atoms with van der Waals surface area (Å²) in [7, 11) is 0. The zero-order valence-electron chi connectivity index (χ0n) is 14.5. The summed E-state index contributed by atoms with van der Waals surface area (Å²) < 4.78 is 12.3. The number of carbonyl (C=O) groups excluding carboxylic acids is 1. The summed E-state index contributed by atoms with van der Waals surface area (Å²) in [4.78, 5) is 11.7. The first-order valence-electron chi connectivity index (χ1n) is 8.39. The maximum absolute atomic E-state index is 11.7. The monoisotopic (exact) mass is 421 g/mol. The summed E-state index contributed by atoms with van der Waals surface area (Å²) in [6.07, 6.45) is 0. The maximum Gasteiger partial charge on any atom is 0.308 e. The summed E-state index contributed by atoms with van der Waals surface area (Å²) in [5.41, 5.74) is 10.2. The van der Waals surface area contributed by atoms with Crippen LogP contribution in [-0.2, 0) is 4.79 Å². The lowest BCUT2D eigenvalue weighted by atomic mass is 9.99. The fourth-order valence-corrected chi connectivity index (χ4v) is 3.41. The van der Waals surface area contributed by atoms with Gasteiger partial charge in [0.15, 0.2) is 5.88 Å².